The number of nitrogens with one attached hydrogen (secondary N) is 2. The van der Waals surface area contributed by atoms with Crippen molar-refractivity contribution in [2.24, 2.45) is 11.8 Å². The molecule has 4 amide bonds. The molecular formula is C17H30N4O3. The van der Waals surface area contributed by atoms with Gasteiger partial charge in [0.2, 0.25) is 5.91 Å². The molecule has 0 unspecified atom stereocenters. The fourth-order valence-corrected chi connectivity index (χ4v) is 3.80. The van der Waals surface area contributed by atoms with Crippen molar-refractivity contribution in [1.82, 2.24) is 20.4 Å². The molecule has 2 aliphatic heterocycles. The summed E-state index contributed by atoms with van der Waals surface area (Å²) in [4.78, 5) is 39.5. The summed E-state index contributed by atoms with van der Waals surface area (Å²) in [5.41, 5.74) is -0.991. The Morgan fingerprint density at radius 3 is 2.38 bits per heavy atom. The number of urea groups is 1. The molecule has 0 saturated carbocycles. The standard InChI is InChI=1S/C17H30N4O3/c1-11-6-12(2)8-20(7-11)9-13(3)18-14(22)10-21-16(24)19-15(23)17(21,4)5/h11-13H,6-10H2,1-5H3,(H,18,22)(H,19,23,24)/t11-,12-,13-/m1/s1. The predicted octanol–water partition coefficient (Wildman–Crippen LogP) is 0.799. The lowest BCUT2D eigenvalue weighted by Gasteiger charge is -2.36. The predicted molar refractivity (Wildman–Crippen MR) is 91.3 cm³/mol. The van der Waals surface area contributed by atoms with Crippen LogP contribution >= 0.6 is 0 Å². The van der Waals surface area contributed by atoms with E-state index in [2.05, 4.69) is 29.4 Å². The highest BCUT2D eigenvalue weighted by atomic mass is 16.2. The maximum absolute atomic E-state index is 12.3. The molecule has 24 heavy (non-hydrogen) atoms. The first kappa shape index (κ1) is 18.7. The first-order valence-electron chi connectivity index (χ1n) is 8.74. The smallest absolute Gasteiger partial charge is 0.325 e. The lowest BCUT2D eigenvalue weighted by atomic mass is 9.92. The summed E-state index contributed by atoms with van der Waals surface area (Å²) >= 11 is 0. The molecule has 7 nitrogen and oxygen atoms in total. The second-order valence-corrected chi connectivity index (χ2v) is 8.04. The Kier molecular flexibility index (Phi) is 5.52. The molecule has 0 radical (unpaired) electrons. The monoisotopic (exact) mass is 338 g/mol. The van der Waals surface area contributed by atoms with Gasteiger partial charge in [-0.25, -0.2) is 4.79 Å². The van der Waals surface area contributed by atoms with Crippen LogP contribution in [0.2, 0.25) is 0 Å². The van der Waals surface area contributed by atoms with E-state index < -0.39 is 11.6 Å². The molecule has 2 fully saturated rings. The average Bonchev–Trinajstić information content (AvgIpc) is 2.60. The zero-order chi connectivity index (χ0) is 18.1. The molecule has 2 N–H and O–H groups in total. The Hall–Kier alpha value is -1.63. The Labute approximate surface area is 144 Å². The molecule has 0 aromatic heterocycles. The van der Waals surface area contributed by atoms with E-state index in [-0.39, 0.29) is 24.4 Å². The molecule has 0 spiro atoms. The van der Waals surface area contributed by atoms with Gasteiger partial charge in [0.05, 0.1) is 0 Å². The van der Waals surface area contributed by atoms with Crippen molar-refractivity contribution < 1.29 is 14.4 Å². The topological polar surface area (TPSA) is 81.8 Å². The largest absolute Gasteiger partial charge is 0.351 e. The molecule has 0 aliphatic carbocycles. The van der Waals surface area contributed by atoms with Gasteiger partial charge in [0, 0.05) is 25.7 Å². The summed E-state index contributed by atoms with van der Waals surface area (Å²) in [6.45, 7) is 12.6. The van der Waals surface area contributed by atoms with Crippen LogP contribution in [-0.4, -0.2) is 65.4 Å². The average molecular weight is 338 g/mol. The number of hydrogen-bond donors (Lipinski definition) is 2. The Bertz CT molecular complexity index is 510. The van der Waals surface area contributed by atoms with E-state index in [1.165, 1.54) is 11.3 Å². The van der Waals surface area contributed by atoms with Crippen LogP contribution in [0.4, 0.5) is 4.79 Å². The van der Waals surface area contributed by atoms with Gasteiger partial charge in [-0.3, -0.25) is 14.9 Å². The molecule has 2 rings (SSSR count). The van der Waals surface area contributed by atoms with E-state index >= 15 is 0 Å². The van der Waals surface area contributed by atoms with Crippen molar-refractivity contribution in [1.29, 1.82) is 0 Å². The lowest BCUT2D eigenvalue weighted by molar-refractivity contribution is -0.127. The van der Waals surface area contributed by atoms with Crippen molar-refractivity contribution in [3.63, 3.8) is 0 Å². The first-order valence-corrected chi connectivity index (χ1v) is 8.74. The number of nitrogens with zero attached hydrogens (tertiary/aromatic N) is 2. The van der Waals surface area contributed by atoms with Gasteiger partial charge >= 0.3 is 6.03 Å². The molecule has 3 atom stereocenters. The van der Waals surface area contributed by atoms with Crippen LogP contribution in [0.1, 0.15) is 41.0 Å². The maximum atomic E-state index is 12.3. The van der Waals surface area contributed by atoms with Crippen LogP contribution in [0.25, 0.3) is 0 Å². The highest BCUT2D eigenvalue weighted by Gasteiger charge is 2.46. The van der Waals surface area contributed by atoms with Gasteiger partial charge in [-0.2, -0.15) is 0 Å². The Morgan fingerprint density at radius 1 is 1.29 bits per heavy atom. The van der Waals surface area contributed by atoms with Crippen molar-refractivity contribution >= 4 is 17.8 Å². The third-order valence-corrected chi connectivity index (χ3v) is 4.88. The van der Waals surface area contributed by atoms with E-state index in [1.54, 1.807) is 13.8 Å². The van der Waals surface area contributed by atoms with Gasteiger partial charge in [-0.1, -0.05) is 13.8 Å². The fraction of sp³-hybridized carbons (Fsp3) is 0.824. The SMILES string of the molecule is C[C@@H]1C[C@@H](C)CN(C[C@@H](C)NC(=O)CN2C(=O)NC(=O)C2(C)C)C1. The minimum absolute atomic E-state index is 0.000483. The summed E-state index contributed by atoms with van der Waals surface area (Å²) < 4.78 is 0. The van der Waals surface area contributed by atoms with Crippen molar-refractivity contribution in [3.05, 3.63) is 0 Å². The van der Waals surface area contributed by atoms with E-state index in [1.807, 2.05) is 6.92 Å². The molecule has 0 bridgehead atoms. The fourth-order valence-electron chi connectivity index (χ4n) is 3.80. The van der Waals surface area contributed by atoms with Crippen LogP contribution in [0.15, 0.2) is 0 Å². The highest BCUT2D eigenvalue weighted by Crippen LogP contribution is 2.21. The second kappa shape index (κ2) is 7.09. The number of hydrogen-bond acceptors (Lipinski definition) is 4. The van der Waals surface area contributed by atoms with Crippen molar-refractivity contribution in [2.45, 2.75) is 52.6 Å². The summed E-state index contributed by atoms with van der Waals surface area (Å²) in [5, 5.41) is 5.19. The molecule has 2 saturated heterocycles. The zero-order valence-electron chi connectivity index (χ0n) is 15.4. The first-order chi connectivity index (χ1) is 11.1. The molecule has 7 heteroatoms. The molecule has 2 heterocycles. The third-order valence-electron chi connectivity index (χ3n) is 4.88. The third kappa shape index (κ3) is 4.26. The molecule has 0 aromatic carbocycles. The summed E-state index contributed by atoms with van der Waals surface area (Å²) in [6.07, 6.45) is 1.25. The van der Waals surface area contributed by atoms with Gasteiger partial charge in [-0.15, -0.1) is 0 Å². The summed E-state index contributed by atoms with van der Waals surface area (Å²) in [5.74, 6) is 0.747. The number of imide groups is 1. The van der Waals surface area contributed by atoms with Gasteiger partial charge in [-0.05, 0) is 39.0 Å². The number of carbonyl (C=O) groups excluding carboxylic acids is 3. The molecule has 0 aromatic rings. The van der Waals surface area contributed by atoms with Crippen LogP contribution < -0.4 is 10.6 Å². The number of rotatable bonds is 5. The molecular weight excluding hydrogens is 308 g/mol. The normalized spacial score (nSPS) is 28.6. The van der Waals surface area contributed by atoms with E-state index in [0.29, 0.717) is 11.8 Å². The maximum Gasteiger partial charge on any atom is 0.325 e. The van der Waals surface area contributed by atoms with Crippen molar-refractivity contribution in [2.75, 3.05) is 26.2 Å². The van der Waals surface area contributed by atoms with Gasteiger partial charge in [0.15, 0.2) is 0 Å². The lowest BCUT2D eigenvalue weighted by Crippen LogP contribution is -2.52. The van der Waals surface area contributed by atoms with Crippen LogP contribution in [0, 0.1) is 11.8 Å². The Morgan fingerprint density at radius 2 is 1.88 bits per heavy atom. The Balaban J connectivity index is 1.83. The number of carbonyl (C=O) groups is 3. The molecule has 136 valence electrons. The summed E-state index contributed by atoms with van der Waals surface area (Å²) in [6, 6.07) is -0.508. The minimum atomic E-state index is -0.991. The van der Waals surface area contributed by atoms with E-state index in [4.69, 9.17) is 0 Å². The highest BCUT2D eigenvalue weighted by molar-refractivity contribution is 6.07. The second-order valence-electron chi connectivity index (χ2n) is 8.04. The molecule has 2 aliphatic rings. The van der Waals surface area contributed by atoms with E-state index in [9.17, 15) is 14.4 Å². The van der Waals surface area contributed by atoms with Crippen LogP contribution in [0.3, 0.4) is 0 Å². The summed E-state index contributed by atoms with van der Waals surface area (Å²) in [7, 11) is 0. The van der Waals surface area contributed by atoms with Gasteiger partial charge < -0.3 is 15.1 Å². The number of likely N-dealkylation sites (tertiary alicyclic amines) is 1. The van der Waals surface area contributed by atoms with Crippen LogP contribution in [-0.2, 0) is 9.59 Å². The number of amides is 4. The van der Waals surface area contributed by atoms with Gasteiger partial charge in [0.25, 0.3) is 5.91 Å². The number of piperidine rings is 1. The van der Waals surface area contributed by atoms with Crippen LogP contribution in [0.5, 0.6) is 0 Å². The van der Waals surface area contributed by atoms with Gasteiger partial charge in [0.1, 0.15) is 12.1 Å². The van der Waals surface area contributed by atoms with Crippen molar-refractivity contribution in [3.8, 4) is 0 Å². The minimum Gasteiger partial charge on any atom is -0.351 e. The van der Waals surface area contributed by atoms with E-state index in [0.717, 1.165) is 19.6 Å². The quantitative estimate of drug-likeness (QED) is 0.727. The zero-order valence-corrected chi connectivity index (χ0v) is 15.4.